The van der Waals surface area contributed by atoms with Crippen LogP contribution >= 0.6 is 24.0 Å². The average molecular weight is 458 g/mol. The lowest BCUT2D eigenvalue weighted by atomic mass is 9.89. The molecule has 5 nitrogen and oxygen atoms in total. The summed E-state index contributed by atoms with van der Waals surface area (Å²) in [4.78, 5) is 9.36. The second kappa shape index (κ2) is 9.19. The van der Waals surface area contributed by atoms with Crippen molar-refractivity contribution in [2.45, 2.75) is 20.4 Å². The number of ether oxygens (including phenoxy) is 1. The minimum absolute atomic E-state index is 0. The Morgan fingerprint density at radius 2 is 1.96 bits per heavy atom. The summed E-state index contributed by atoms with van der Waals surface area (Å²) in [6.45, 7) is 12.3. The van der Waals surface area contributed by atoms with Gasteiger partial charge in [0.25, 0.3) is 0 Å². The Morgan fingerprint density at radius 3 is 2.52 bits per heavy atom. The van der Waals surface area contributed by atoms with E-state index in [0.717, 1.165) is 58.4 Å². The van der Waals surface area contributed by atoms with Gasteiger partial charge in [-0.25, -0.2) is 0 Å². The van der Waals surface area contributed by atoms with Crippen LogP contribution in [0.4, 0.5) is 0 Å². The third-order valence-corrected chi connectivity index (χ3v) is 4.95. The van der Waals surface area contributed by atoms with Gasteiger partial charge in [-0.05, 0) is 12.5 Å². The zero-order valence-corrected chi connectivity index (χ0v) is 18.0. The minimum atomic E-state index is 0. The largest absolute Gasteiger partial charge is 0.380 e. The van der Waals surface area contributed by atoms with E-state index in [1.54, 1.807) is 0 Å². The van der Waals surface area contributed by atoms with Crippen molar-refractivity contribution in [3.05, 3.63) is 35.4 Å². The van der Waals surface area contributed by atoms with Crippen molar-refractivity contribution in [2.75, 3.05) is 53.0 Å². The Balaban J connectivity index is 0.00000225. The second-order valence-electron chi connectivity index (χ2n) is 7.46. The molecule has 2 fully saturated rings. The number of guanidine groups is 1. The molecule has 2 heterocycles. The standard InChI is InChI=1S/C19H30N4O.HI/c1-16-5-4-6-17(11-16)12-22-7-9-23(10-8-22)18(20-3)21-13-19(2)14-24-15-19;/h4-6,11H,7-10,12-15H2,1-3H3,(H,20,21);1H. The molecular weight excluding hydrogens is 427 g/mol. The highest BCUT2D eigenvalue weighted by Gasteiger charge is 2.33. The molecule has 0 bridgehead atoms. The number of benzene rings is 1. The van der Waals surface area contributed by atoms with Crippen LogP contribution < -0.4 is 5.32 Å². The minimum Gasteiger partial charge on any atom is -0.380 e. The van der Waals surface area contributed by atoms with Crippen LogP contribution in [0.25, 0.3) is 0 Å². The van der Waals surface area contributed by atoms with Gasteiger partial charge in [-0.3, -0.25) is 9.89 Å². The maximum atomic E-state index is 5.33. The van der Waals surface area contributed by atoms with Crippen LogP contribution in [-0.2, 0) is 11.3 Å². The first-order chi connectivity index (χ1) is 11.6. The van der Waals surface area contributed by atoms with Gasteiger partial charge in [-0.1, -0.05) is 36.8 Å². The molecule has 25 heavy (non-hydrogen) atoms. The highest BCUT2D eigenvalue weighted by atomic mass is 127. The molecule has 3 rings (SSSR count). The lowest BCUT2D eigenvalue weighted by molar-refractivity contribution is -0.0973. The molecule has 0 amide bonds. The summed E-state index contributed by atoms with van der Waals surface area (Å²) < 4.78 is 5.33. The van der Waals surface area contributed by atoms with Crippen LogP contribution in [0.5, 0.6) is 0 Å². The van der Waals surface area contributed by atoms with Crippen LogP contribution in [0.2, 0.25) is 0 Å². The van der Waals surface area contributed by atoms with Crippen LogP contribution in [0, 0.1) is 12.3 Å². The lowest BCUT2D eigenvalue weighted by Crippen LogP contribution is -2.55. The Labute approximate surface area is 168 Å². The predicted molar refractivity (Wildman–Crippen MR) is 114 cm³/mol. The Kier molecular flexibility index (Phi) is 7.51. The van der Waals surface area contributed by atoms with E-state index in [4.69, 9.17) is 4.74 Å². The number of rotatable bonds is 4. The first-order valence-electron chi connectivity index (χ1n) is 8.89. The zero-order valence-electron chi connectivity index (χ0n) is 15.6. The number of nitrogens with one attached hydrogen (secondary N) is 1. The van der Waals surface area contributed by atoms with Crippen molar-refractivity contribution in [1.29, 1.82) is 0 Å². The number of piperazine rings is 1. The monoisotopic (exact) mass is 458 g/mol. The van der Waals surface area contributed by atoms with Crippen LogP contribution in [0.15, 0.2) is 29.3 Å². The summed E-state index contributed by atoms with van der Waals surface area (Å²) in [5, 5.41) is 3.53. The maximum absolute atomic E-state index is 5.33. The van der Waals surface area contributed by atoms with Crippen molar-refractivity contribution in [3.63, 3.8) is 0 Å². The number of aliphatic imine (C=N–C) groups is 1. The van der Waals surface area contributed by atoms with Crippen molar-refractivity contribution in [1.82, 2.24) is 15.1 Å². The van der Waals surface area contributed by atoms with E-state index in [1.807, 2.05) is 7.05 Å². The van der Waals surface area contributed by atoms with E-state index >= 15 is 0 Å². The van der Waals surface area contributed by atoms with Gasteiger partial charge in [0.2, 0.25) is 0 Å². The van der Waals surface area contributed by atoms with E-state index < -0.39 is 0 Å². The van der Waals surface area contributed by atoms with E-state index in [2.05, 4.69) is 58.2 Å². The number of aryl methyl sites for hydroxylation is 1. The molecule has 1 aromatic rings. The summed E-state index contributed by atoms with van der Waals surface area (Å²) >= 11 is 0. The quantitative estimate of drug-likeness (QED) is 0.427. The molecule has 2 aliphatic heterocycles. The van der Waals surface area contributed by atoms with Gasteiger partial charge in [0, 0.05) is 51.7 Å². The molecule has 0 saturated carbocycles. The molecule has 6 heteroatoms. The Hall–Kier alpha value is -0.860. The van der Waals surface area contributed by atoms with Gasteiger partial charge < -0.3 is 15.0 Å². The van der Waals surface area contributed by atoms with Crippen LogP contribution in [-0.4, -0.2) is 68.7 Å². The fourth-order valence-corrected chi connectivity index (χ4v) is 3.36. The van der Waals surface area contributed by atoms with Crippen LogP contribution in [0.3, 0.4) is 0 Å². The van der Waals surface area contributed by atoms with E-state index in [1.165, 1.54) is 11.1 Å². The van der Waals surface area contributed by atoms with Gasteiger partial charge >= 0.3 is 0 Å². The topological polar surface area (TPSA) is 40.1 Å². The summed E-state index contributed by atoms with van der Waals surface area (Å²) in [5.74, 6) is 1.03. The zero-order chi connectivity index (χ0) is 17.0. The molecule has 0 aliphatic carbocycles. The molecule has 2 saturated heterocycles. The summed E-state index contributed by atoms with van der Waals surface area (Å²) in [5.41, 5.74) is 3.01. The molecule has 1 N–H and O–H groups in total. The SMILES string of the molecule is CN=C(NCC1(C)COC1)N1CCN(Cc2cccc(C)c2)CC1.I. The summed E-state index contributed by atoms with van der Waals surface area (Å²) in [6.07, 6.45) is 0. The van der Waals surface area contributed by atoms with E-state index in [9.17, 15) is 0 Å². The van der Waals surface area contributed by atoms with Crippen LogP contribution in [0.1, 0.15) is 18.1 Å². The molecule has 0 unspecified atom stereocenters. The molecule has 0 aromatic heterocycles. The highest BCUT2D eigenvalue weighted by molar-refractivity contribution is 14.0. The fraction of sp³-hybridized carbons (Fsp3) is 0.632. The van der Waals surface area contributed by atoms with Gasteiger partial charge in [0.1, 0.15) is 0 Å². The molecule has 2 aliphatic rings. The first kappa shape index (κ1) is 20.5. The smallest absolute Gasteiger partial charge is 0.193 e. The predicted octanol–water partition coefficient (Wildman–Crippen LogP) is 2.34. The first-order valence-corrected chi connectivity index (χ1v) is 8.89. The molecule has 0 radical (unpaired) electrons. The second-order valence-corrected chi connectivity index (χ2v) is 7.46. The van der Waals surface area contributed by atoms with E-state index in [0.29, 0.717) is 0 Å². The fourth-order valence-electron chi connectivity index (χ4n) is 3.36. The average Bonchev–Trinajstić information content (AvgIpc) is 2.55. The van der Waals surface area contributed by atoms with Gasteiger partial charge in [-0.15, -0.1) is 24.0 Å². The third-order valence-electron chi connectivity index (χ3n) is 4.95. The summed E-state index contributed by atoms with van der Waals surface area (Å²) in [7, 11) is 1.88. The van der Waals surface area contributed by atoms with Gasteiger partial charge in [-0.2, -0.15) is 0 Å². The van der Waals surface area contributed by atoms with Crippen molar-refractivity contribution in [3.8, 4) is 0 Å². The number of nitrogens with zero attached hydrogens (tertiary/aromatic N) is 3. The lowest BCUT2D eigenvalue weighted by Gasteiger charge is -2.41. The van der Waals surface area contributed by atoms with Gasteiger partial charge in [0.15, 0.2) is 5.96 Å². The van der Waals surface area contributed by atoms with E-state index in [-0.39, 0.29) is 29.4 Å². The molecular formula is C19H31IN4O. The molecule has 1 aromatic carbocycles. The van der Waals surface area contributed by atoms with Crippen molar-refractivity contribution >= 4 is 29.9 Å². The highest BCUT2D eigenvalue weighted by Crippen LogP contribution is 2.25. The van der Waals surface area contributed by atoms with Crippen molar-refractivity contribution < 1.29 is 4.74 Å². The Bertz CT molecular complexity index is 581. The number of hydrogen-bond donors (Lipinski definition) is 1. The third kappa shape index (κ3) is 5.56. The molecule has 140 valence electrons. The number of halogens is 1. The summed E-state index contributed by atoms with van der Waals surface area (Å²) in [6, 6.07) is 8.82. The Morgan fingerprint density at radius 1 is 1.24 bits per heavy atom. The van der Waals surface area contributed by atoms with Gasteiger partial charge in [0.05, 0.1) is 13.2 Å². The number of hydrogen-bond acceptors (Lipinski definition) is 3. The maximum Gasteiger partial charge on any atom is 0.193 e. The molecule has 0 spiro atoms. The van der Waals surface area contributed by atoms with Crippen molar-refractivity contribution in [2.24, 2.45) is 10.4 Å². The normalized spacial score (nSPS) is 20.6. The molecule has 0 atom stereocenters.